The van der Waals surface area contributed by atoms with Crippen molar-refractivity contribution in [3.8, 4) is 0 Å². The van der Waals surface area contributed by atoms with Crippen LogP contribution in [0.2, 0.25) is 0 Å². The predicted octanol–water partition coefficient (Wildman–Crippen LogP) is 1.93. The van der Waals surface area contributed by atoms with Crippen molar-refractivity contribution in [2.24, 2.45) is 0 Å². The number of carboxylic acids is 1. The molecule has 0 saturated heterocycles. The molecule has 0 fully saturated rings. The summed E-state index contributed by atoms with van der Waals surface area (Å²) in [5, 5.41) is 8.74. The van der Waals surface area contributed by atoms with Gasteiger partial charge >= 0.3 is 5.97 Å². The summed E-state index contributed by atoms with van der Waals surface area (Å²) in [5.74, 6) is -0.761. The van der Waals surface area contributed by atoms with Crippen LogP contribution in [-0.4, -0.2) is 20.6 Å². The van der Waals surface area contributed by atoms with Crippen LogP contribution < -0.4 is 0 Å². The van der Waals surface area contributed by atoms with Crippen LogP contribution >= 0.6 is 0 Å². The van der Waals surface area contributed by atoms with Gasteiger partial charge in [-0.2, -0.15) is 0 Å². The molecule has 0 aliphatic heterocycles. The summed E-state index contributed by atoms with van der Waals surface area (Å²) >= 11 is 0. The fourth-order valence-electron chi connectivity index (χ4n) is 1.52. The molecule has 1 N–H and O–H groups in total. The van der Waals surface area contributed by atoms with Gasteiger partial charge in [-0.25, -0.2) is 4.98 Å². The maximum Gasteiger partial charge on any atom is 0.305 e. The normalized spacial score (nSPS) is 12.8. The van der Waals surface area contributed by atoms with E-state index in [4.69, 9.17) is 5.11 Å². The van der Waals surface area contributed by atoms with Gasteiger partial charge in [0.15, 0.2) is 0 Å². The zero-order valence-corrected chi connectivity index (χ0v) is 8.82. The maximum absolute atomic E-state index is 10.6. The number of aromatic nitrogens is 2. The Kier molecular flexibility index (Phi) is 3.28. The maximum atomic E-state index is 10.6. The number of carbonyl (C=O) groups is 1. The Morgan fingerprint density at radius 1 is 1.64 bits per heavy atom. The second-order valence-corrected chi connectivity index (χ2v) is 3.48. The van der Waals surface area contributed by atoms with E-state index in [1.54, 1.807) is 6.33 Å². The van der Waals surface area contributed by atoms with Crippen molar-refractivity contribution in [2.45, 2.75) is 39.7 Å². The second kappa shape index (κ2) is 4.26. The molecule has 0 spiro atoms. The van der Waals surface area contributed by atoms with Crippen molar-refractivity contribution in [3.05, 3.63) is 17.7 Å². The molecule has 0 saturated carbocycles. The Balaban J connectivity index is 2.89. The molecule has 4 heteroatoms. The van der Waals surface area contributed by atoms with Crippen LogP contribution in [0.4, 0.5) is 0 Å². The molecule has 1 atom stereocenters. The van der Waals surface area contributed by atoms with Crippen LogP contribution in [0.25, 0.3) is 0 Å². The molecule has 0 radical (unpaired) electrons. The first-order valence-corrected chi connectivity index (χ1v) is 4.78. The van der Waals surface area contributed by atoms with E-state index < -0.39 is 5.97 Å². The van der Waals surface area contributed by atoms with Gasteiger partial charge in [0.1, 0.15) is 0 Å². The lowest BCUT2D eigenvalue weighted by molar-refractivity contribution is -0.137. The lowest BCUT2D eigenvalue weighted by Crippen LogP contribution is -2.13. The molecular weight excluding hydrogens is 180 g/mol. The molecule has 0 aliphatic carbocycles. The van der Waals surface area contributed by atoms with E-state index in [9.17, 15) is 4.79 Å². The lowest BCUT2D eigenvalue weighted by atomic mass is 10.1. The molecular formula is C10H16N2O2. The van der Waals surface area contributed by atoms with Crippen LogP contribution in [-0.2, 0) is 4.79 Å². The second-order valence-electron chi connectivity index (χ2n) is 3.48. The molecule has 0 aliphatic rings. The fraction of sp³-hybridized carbons (Fsp3) is 0.600. The summed E-state index contributed by atoms with van der Waals surface area (Å²) in [5.41, 5.74) is 2.02. The van der Waals surface area contributed by atoms with Gasteiger partial charge in [0, 0.05) is 11.7 Å². The molecule has 14 heavy (non-hydrogen) atoms. The monoisotopic (exact) mass is 196 g/mol. The average Bonchev–Trinajstić information content (AvgIpc) is 2.44. The lowest BCUT2D eigenvalue weighted by Gasteiger charge is -2.16. The highest BCUT2D eigenvalue weighted by molar-refractivity contribution is 5.67. The molecule has 78 valence electrons. The number of carboxylic acid groups (broad SMARTS) is 1. The Bertz CT molecular complexity index is 331. The number of hydrogen-bond acceptors (Lipinski definition) is 2. The van der Waals surface area contributed by atoms with Crippen molar-refractivity contribution in [2.75, 3.05) is 0 Å². The van der Waals surface area contributed by atoms with E-state index in [1.165, 1.54) is 0 Å². The zero-order chi connectivity index (χ0) is 10.7. The first kappa shape index (κ1) is 10.8. The third-order valence-electron chi connectivity index (χ3n) is 2.56. The van der Waals surface area contributed by atoms with Crippen LogP contribution in [0.5, 0.6) is 0 Å². The largest absolute Gasteiger partial charge is 0.481 e. The number of hydrogen-bond donors (Lipinski definition) is 1. The summed E-state index contributed by atoms with van der Waals surface area (Å²) in [7, 11) is 0. The average molecular weight is 196 g/mol. The van der Waals surface area contributed by atoms with E-state index in [0.29, 0.717) is 0 Å². The SMILES string of the molecule is CCC(CC(=O)O)n1cnc(C)c1C. The highest BCUT2D eigenvalue weighted by Crippen LogP contribution is 2.19. The van der Waals surface area contributed by atoms with Crippen LogP contribution in [0.15, 0.2) is 6.33 Å². The molecule has 1 heterocycles. The topological polar surface area (TPSA) is 55.1 Å². The van der Waals surface area contributed by atoms with E-state index in [2.05, 4.69) is 4.98 Å². The highest BCUT2D eigenvalue weighted by Gasteiger charge is 2.15. The van der Waals surface area contributed by atoms with Crippen LogP contribution in [0.3, 0.4) is 0 Å². The highest BCUT2D eigenvalue weighted by atomic mass is 16.4. The fourth-order valence-corrected chi connectivity index (χ4v) is 1.52. The Hall–Kier alpha value is -1.32. The Morgan fingerprint density at radius 2 is 2.29 bits per heavy atom. The van der Waals surface area contributed by atoms with E-state index in [1.807, 2.05) is 25.3 Å². The van der Waals surface area contributed by atoms with Gasteiger partial charge in [0.2, 0.25) is 0 Å². The van der Waals surface area contributed by atoms with Gasteiger partial charge < -0.3 is 9.67 Å². The van der Waals surface area contributed by atoms with Gasteiger partial charge in [-0.1, -0.05) is 6.92 Å². The Morgan fingerprint density at radius 3 is 2.64 bits per heavy atom. The minimum atomic E-state index is -0.761. The molecule has 1 aromatic heterocycles. The summed E-state index contributed by atoms with van der Waals surface area (Å²) in [6.45, 7) is 5.88. The summed E-state index contributed by atoms with van der Waals surface area (Å²) < 4.78 is 1.95. The van der Waals surface area contributed by atoms with Crippen molar-refractivity contribution in [3.63, 3.8) is 0 Å². The number of aliphatic carboxylic acids is 1. The Labute approximate surface area is 83.6 Å². The summed E-state index contributed by atoms with van der Waals surface area (Å²) in [6, 6.07) is 0.0219. The molecule has 0 bridgehead atoms. The van der Waals surface area contributed by atoms with Crippen molar-refractivity contribution in [1.29, 1.82) is 0 Å². The minimum Gasteiger partial charge on any atom is -0.481 e. The van der Waals surface area contributed by atoms with Gasteiger partial charge in [0.05, 0.1) is 18.4 Å². The molecule has 1 aromatic rings. The quantitative estimate of drug-likeness (QED) is 0.800. The summed E-state index contributed by atoms with van der Waals surface area (Å²) in [6.07, 6.45) is 2.69. The molecule has 0 amide bonds. The zero-order valence-electron chi connectivity index (χ0n) is 8.82. The third-order valence-corrected chi connectivity index (χ3v) is 2.56. The third kappa shape index (κ3) is 2.13. The van der Waals surface area contributed by atoms with Crippen molar-refractivity contribution in [1.82, 2.24) is 9.55 Å². The molecule has 1 unspecified atom stereocenters. The van der Waals surface area contributed by atoms with Gasteiger partial charge in [0.25, 0.3) is 0 Å². The molecule has 0 aromatic carbocycles. The number of aryl methyl sites for hydroxylation is 1. The predicted molar refractivity (Wildman–Crippen MR) is 53.3 cm³/mol. The smallest absolute Gasteiger partial charge is 0.305 e. The van der Waals surface area contributed by atoms with Crippen LogP contribution in [0, 0.1) is 13.8 Å². The minimum absolute atomic E-state index is 0.0219. The molecule has 4 nitrogen and oxygen atoms in total. The van der Waals surface area contributed by atoms with Gasteiger partial charge in [-0.05, 0) is 20.3 Å². The van der Waals surface area contributed by atoms with Crippen LogP contribution in [0.1, 0.15) is 37.2 Å². The number of imidazole rings is 1. The van der Waals surface area contributed by atoms with Gasteiger partial charge in [-0.15, -0.1) is 0 Å². The van der Waals surface area contributed by atoms with E-state index >= 15 is 0 Å². The van der Waals surface area contributed by atoms with Crippen molar-refractivity contribution >= 4 is 5.97 Å². The van der Waals surface area contributed by atoms with E-state index in [0.717, 1.165) is 17.8 Å². The number of rotatable bonds is 4. The molecule has 1 rings (SSSR count). The first-order chi connectivity index (χ1) is 6.56. The number of nitrogens with zero attached hydrogens (tertiary/aromatic N) is 2. The summed E-state index contributed by atoms with van der Waals surface area (Å²) in [4.78, 5) is 14.8. The standard InChI is InChI=1S/C10H16N2O2/c1-4-9(5-10(13)14)12-6-11-7(2)8(12)3/h6,9H,4-5H2,1-3H3,(H,13,14). The first-order valence-electron chi connectivity index (χ1n) is 4.78. The van der Waals surface area contributed by atoms with E-state index in [-0.39, 0.29) is 12.5 Å². The van der Waals surface area contributed by atoms with Crippen molar-refractivity contribution < 1.29 is 9.90 Å². The van der Waals surface area contributed by atoms with Gasteiger partial charge in [-0.3, -0.25) is 4.79 Å².